The van der Waals surface area contributed by atoms with Crippen molar-refractivity contribution < 1.29 is 28.9 Å². The predicted molar refractivity (Wildman–Crippen MR) is 182 cm³/mol. The Balaban J connectivity index is 1.28. The van der Waals surface area contributed by atoms with Gasteiger partial charge in [0, 0.05) is 47.4 Å². The van der Waals surface area contributed by atoms with Gasteiger partial charge in [-0.3, -0.25) is 19.4 Å². The number of thiocarbonyl (C=S) groups is 1. The zero-order valence-corrected chi connectivity index (χ0v) is 27.5. The third-order valence-corrected chi connectivity index (χ3v) is 9.16. The summed E-state index contributed by atoms with van der Waals surface area (Å²) in [6.45, 7) is 5.16. The van der Waals surface area contributed by atoms with Crippen molar-refractivity contribution in [2.75, 3.05) is 52.6 Å². The monoisotopic (exact) mass is 686 g/mol. The van der Waals surface area contributed by atoms with Crippen LogP contribution in [-0.2, 0) is 20.7 Å². The molecule has 8 nitrogen and oxygen atoms in total. The van der Waals surface area contributed by atoms with Crippen molar-refractivity contribution >= 4 is 69.5 Å². The van der Waals surface area contributed by atoms with Crippen molar-refractivity contribution in [1.82, 2.24) is 9.80 Å². The smallest absolute Gasteiger partial charge is 0.307 e. The number of carbonyl (C=O) groups excluding carboxylic acids is 1. The number of hydrogen-bond donors (Lipinski definition) is 1. The van der Waals surface area contributed by atoms with E-state index in [1.807, 2.05) is 30.3 Å². The number of rotatable bonds is 13. The molecule has 1 N–H and O–H groups in total. The number of carboxylic acids is 1. The lowest BCUT2D eigenvalue weighted by Gasteiger charge is -2.26. The van der Waals surface area contributed by atoms with Gasteiger partial charge in [-0.25, -0.2) is 0 Å². The van der Waals surface area contributed by atoms with Gasteiger partial charge < -0.3 is 19.3 Å². The van der Waals surface area contributed by atoms with Crippen LogP contribution in [0.1, 0.15) is 17.5 Å². The summed E-state index contributed by atoms with van der Waals surface area (Å²) < 4.78 is 18.0. The van der Waals surface area contributed by atoms with Gasteiger partial charge in [0.1, 0.15) is 22.4 Å². The highest BCUT2D eigenvalue weighted by atomic mass is 35.5. The third kappa shape index (κ3) is 9.22. The summed E-state index contributed by atoms with van der Waals surface area (Å²) in [7, 11) is 0. The van der Waals surface area contributed by atoms with Gasteiger partial charge in [0.05, 0.1) is 31.1 Å². The van der Waals surface area contributed by atoms with Gasteiger partial charge in [-0.2, -0.15) is 0 Å². The first kappa shape index (κ1) is 33.2. The van der Waals surface area contributed by atoms with Crippen LogP contribution in [0.25, 0.3) is 17.2 Å². The van der Waals surface area contributed by atoms with Crippen LogP contribution in [0.4, 0.5) is 0 Å². The molecule has 0 saturated carbocycles. The summed E-state index contributed by atoms with van der Waals surface area (Å²) in [5, 5.41) is 10.1. The zero-order chi connectivity index (χ0) is 31.8. The average Bonchev–Trinajstić information content (AvgIpc) is 3.27. The summed E-state index contributed by atoms with van der Waals surface area (Å²) in [6, 6.07) is 18.1. The molecular weight excluding hydrogens is 655 g/mol. The molecule has 2 aliphatic rings. The maximum atomic E-state index is 13.5. The van der Waals surface area contributed by atoms with Crippen molar-refractivity contribution in [1.29, 1.82) is 0 Å². The highest BCUT2D eigenvalue weighted by Crippen LogP contribution is 2.37. The molecule has 2 aliphatic heterocycles. The van der Waals surface area contributed by atoms with E-state index in [0.717, 1.165) is 49.5 Å². The van der Waals surface area contributed by atoms with Crippen molar-refractivity contribution in [2.24, 2.45) is 0 Å². The number of ether oxygens (including phenoxy) is 3. The molecule has 5 rings (SSSR count). The van der Waals surface area contributed by atoms with E-state index in [1.54, 1.807) is 41.3 Å². The second kappa shape index (κ2) is 15.9. The van der Waals surface area contributed by atoms with Gasteiger partial charge in [-0.15, -0.1) is 0 Å². The SMILES string of the molecule is O=C(O)Cc1cccc(OCCCN2C(=O)C(=Cc3cc(-c4ccc(Cl)cc4Cl)ccc3OCCN3CCOCC3)SC2=S)c1. The number of halogens is 2. The first-order chi connectivity index (χ1) is 21.8. The maximum Gasteiger partial charge on any atom is 0.307 e. The largest absolute Gasteiger partial charge is 0.494 e. The van der Waals surface area contributed by atoms with Crippen LogP contribution in [0.3, 0.4) is 0 Å². The Bertz CT molecular complexity index is 1600. The minimum absolute atomic E-state index is 0.0731. The van der Waals surface area contributed by atoms with Gasteiger partial charge >= 0.3 is 5.97 Å². The van der Waals surface area contributed by atoms with E-state index in [2.05, 4.69) is 4.90 Å². The summed E-state index contributed by atoms with van der Waals surface area (Å²) in [4.78, 5) is 28.8. The molecule has 2 fully saturated rings. The summed E-state index contributed by atoms with van der Waals surface area (Å²) in [6.07, 6.45) is 2.29. The van der Waals surface area contributed by atoms with Crippen LogP contribution < -0.4 is 9.47 Å². The molecule has 0 radical (unpaired) electrons. The minimum Gasteiger partial charge on any atom is -0.494 e. The number of hydrogen-bond acceptors (Lipinski definition) is 8. The van der Waals surface area contributed by atoms with Crippen molar-refractivity contribution in [3.8, 4) is 22.6 Å². The fraction of sp³-hybridized carbons (Fsp3) is 0.303. The van der Waals surface area contributed by atoms with Crippen LogP contribution in [0.15, 0.2) is 65.6 Å². The molecule has 45 heavy (non-hydrogen) atoms. The van der Waals surface area contributed by atoms with Gasteiger partial charge in [0.25, 0.3) is 5.91 Å². The second-order valence-electron chi connectivity index (χ2n) is 10.4. The predicted octanol–water partition coefficient (Wildman–Crippen LogP) is 6.67. The molecule has 3 aromatic carbocycles. The van der Waals surface area contributed by atoms with E-state index in [1.165, 1.54) is 11.8 Å². The summed E-state index contributed by atoms with van der Waals surface area (Å²) in [5.41, 5.74) is 3.08. The number of morpholine rings is 1. The molecule has 0 bridgehead atoms. The van der Waals surface area contributed by atoms with E-state index >= 15 is 0 Å². The highest BCUT2D eigenvalue weighted by molar-refractivity contribution is 8.26. The first-order valence-corrected chi connectivity index (χ1v) is 16.5. The van der Waals surface area contributed by atoms with E-state index in [0.29, 0.717) is 62.5 Å². The molecule has 2 saturated heterocycles. The van der Waals surface area contributed by atoms with E-state index in [-0.39, 0.29) is 12.3 Å². The fourth-order valence-corrected chi connectivity index (χ4v) is 6.78. The molecule has 0 atom stereocenters. The third-order valence-electron chi connectivity index (χ3n) is 7.23. The quantitative estimate of drug-likeness (QED) is 0.120. The molecule has 236 valence electrons. The number of amides is 1. The van der Waals surface area contributed by atoms with E-state index < -0.39 is 5.97 Å². The van der Waals surface area contributed by atoms with Crippen LogP contribution in [-0.4, -0.2) is 83.7 Å². The molecule has 2 heterocycles. The van der Waals surface area contributed by atoms with Gasteiger partial charge in [-0.05, 0) is 60.0 Å². The minimum atomic E-state index is -0.901. The molecule has 12 heteroatoms. The molecule has 0 aromatic heterocycles. The Morgan fingerprint density at radius 1 is 1.02 bits per heavy atom. The van der Waals surface area contributed by atoms with Crippen LogP contribution >= 0.6 is 47.2 Å². The summed E-state index contributed by atoms with van der Waals surface area (Å²) in [5.74, 6) is 0.158. The number of thioether (sulfide) groups is 1. The Labute approximate surface area is 281 Å². The highest BCUT2D eigenvalue weighted by Gasteiger charge is 2.32. The van der Waals surface area contributed by atoms with Gasteiger partial charge in [0.15, 0.2) is 0 Å². The molecular formula is C33H32Cl2N2O6S2. The lowest BCUT2D eigenvalue weighted by molar-refractivity contribution is -0.136. The lowest BCUT2D eigenvalue weighted by Crippen LogP contribution is -2.38. The topological polar surface area (TPSA) is 88.5 Å². The average molecular weight is 688 g/mol. The van der Waals surface area contributed by atoms with Gasteiger partial charge in [0.2, 0.25) is 0 Å². The number of carboxylic acid groups (broad SMARTS) is 1. The summed E-state index contributed by atoms with van der Waals surface area (Å²) >= 11 is 19.5. The first-order valence-electron chi connectivity index (χ1n) is 14.5. The Hall–Kier alpha value is -3.12. The lowest BCUT2D eigenvalue weighted by atomic mass is 10.0. The Kier molecular flexibility index (Phi) is 11.8. The number of benzene rings is 3. The molecule has 0 unspecified atom stereocenters. The van der Waals surface area contributed by atoms with Crippen LogP contribution in [0, 0.1) is 0 Å². The van der Waals surface area contributed by atoms with Crippen molar-refractivity contribution in [2.45, 2.75) is 12.8 Å². The second-order valence-corrected chi connectivity index (χ2v) is 13.0. The molecule has 0 spiro atoms. The normalized spacial score (nSPS) is 16.4. The molecule has 3 aromatic rings. The fourth-order valence-electron chi connectivity index (χ4n) is 4.96. The van der Waals surface area contributed by atoms with Crippen LogP contribution in [0.5, 0.6) is 11.5 Å². The Morgan fingerprint density at radius 2 is 1.84 bits per heavy atom. The molecule has 0 aliphatic carbocycles. The van der Waals surface area contributed by atoms with Crippen LogP contribution in [0.2, 0.25) is 10.0 Å². The van der Waals surface area contributed by atoms with Gasteiger partial charge in [-0.1, -0.05) is 71.4 Å². The number of carbonyl (C=O) groups is 2. The van der Waals surface area contributed by atoms with E-state index in [9.17, 15) is 9.59 Å². The molecule has 1 amide bonds. The van der Waals surface area contributed by atoms with E-state index in [4.69, 9.17) is 54.7 Å². The maximum absolute atomic E-state index is 13.5. The van der Waals surface area contributed by atoms with Crippen molar-refractivity contribution in [3.05, 3.63) is 86.7 Å². The van der Waals surface area contributed by atoms with Crippen molar-refractivity contribution in [3.63, 3.8) is 0 Å². The standard InChI is InChI=1S/C33H32Cl2N2O6S2/c34-25-6-7-27(28(35)21-25)23-5-8-29(43-16-12-36-10-14-41-15-11-36)24(19-23)20-30-32(40)37(33(44)45-30)9-2-13-42-26-4-1-3-22(17-26)18-31(38)39/h1,3-8,17,19-21H,2,9-16,18H2,(H,38,39). The zero-order valence-electron chi connectivity index (χ0n) is 24.4. The number of nitrogens with zero attached hydrogens (tertiary/aromatic N) is 2. The Morgan fingerprint density at radius 3 is 2.62 bits per heavy atom. The number of aliphatic carboxylic acids is 1.